The average Bonchev–Trinajstić information content (AvgIpc) is 2.75. The van der Waals surface area contributed by atoms with Gasteiger partial charge in [0.15, 0.2) is 0 Å². The van der Waals surface area contributed by atoms with Crippen LogP contribution in [0.1, 0.15) is 32.4 Å². The van der Waals surface area contributed by atoms with Gasteiger partial charge in [-0.1, -0.05) is 0 Å². The lowest BCUT2D eigenvalue weighted by Gasteiger charge is -2.41. The van der Waals surface area contributed by atoms with Gasteiger partial charge in [0.2, 0.25) is 5.91 Å². The van der Waals surface area contributed by atoms with Crippen molar-refractivity contribution in [2.24, 2.45) is 0 Å². The number of aliphatic carboxylic acids is 1. The second-order valence-electron chi connectivity index (χ2n) is 7.64. The summed E-state index contributed by atoms with van der Waals surface area (Å²) in [5, 5.41) is 43.7. The molecule has 0 unspecified atom stereocenters. The standard InChI is InChI=1S/C20H29N3O9S/c1-8(18(27)21-9(2)19(28)29)22-20(30)33-23-13-6-5-11(24)7-12(13)16-15(26)17(31-4)14(25)10(3)32-16/h5-10,14-17,23-26H,1-4H3,(H,21,27)(H,22,30)(H,28,29)/t8-,9-,10-,14+,15+,16+,17+/m0/s1. The van der Waals surface area contributed by atoms with Crippen molar-refractivity contribution in [1.82, 2.24) is 10.6 Å². The molecule has 2 amide bonds. The summed E-state index contributed by atoms with van der Waals surface area (Å²) in [5.41, 5.74) is 0.664. The number of ether oxygens (including phenoxy) is 2. The fraction of sp³-hybridized carbons (Fsp3) is 0.550. The van der Waals surface area contributed by atoms with Crippen molar-refractivity contribution in [3.63, 3.8) is 0 Å². The predicted octanol–water partition coefficient (Wildman–Crippen LogP) is 0.336. The van der Waals surface area contributed by atoms with E-state index < -0.39 is 59.7 Å². The molecule has 184 valence electrons. The van der Waals surface area contributed by atoms with E-state index in [0.29, 0.717) is 23.2 Å². The molecule has 2 rings (SSSR count). The molecule has 1 heterocycles. The first-order chi connectivity index (χ1) is 15.5. The Morgan fingerprint density at radius 3 is 2.39 bits per heavy atom. The van der Waals surface area contributed by atoms with Crippen LogP contribution in [0.4, 0.5) is 10.5 Å². The van der Waals surface area contributed by atoms with Crippen LogP contribution in [0.5, 0.6) is 5.75 Å². The van der Waals surface area contributed by atoms with Crippen LogP contribution >= 0.6 is 11.9 Å². The number of carbonyl (C=O) groups excluding carboxylic acids is 2. The maximum atomic E-state index is 12.3. The summed E-state index contributed by atoms with van der Waals surface area (Å²) in [6.45, 7) is 4.32. The first-order valence-corrected chi connectivity index (χ1v) is 10.9. The monoisotopic (exact) mass is 487 g/mol. The van der Waals surface area contributed by atoms with Crippen LogP contribution in [-0.2, 0) is 19.1 Å². The van der Waals surface area contributed by atoms with Crippen LogP contribution in [0.2, 0.25) is 0 Å². The minimum Gasteiger partial charge on any atom is -0.508 e. The smallest absolute Gasteiger partial charge is 0.325 e. The van der Waals surface area contributed by atoms with E-state index in [2.05, 4.69) is 15.4 Å². The van der Waals surface area contributed by atoms with Crippen molar-refractivity contribution in [3.8, 4) is 5.75 Å². The van der Waals surface area contributed by atoms with Gasteiger partial charge in [-0.15, -0.1) is 0 Å². The van der Waals surface area contributed by atoms with Gasteiger partial charge < -0.3 is 45.3 Å². The Morgan fingerprint density at radius 2 is 1.79 bits per heavy atom. The summed E-state index contributed by atoms with van der Waals surface area (Å²) in [7, 11) is 1.35. The molecule has 0 aliphatic carbocycles. The average molecular weight is 488 g/mol. The Bertz CT molecular complexity index is 871. The quantitative estimate of drug-likeness (QED) is 0.198. The maximum Gasteiger partial charge on any atom is 0.325 e. The number of nitrogens with one attached hydrogen (secondary N) is 3. The number of carboxylic acid groups (broad SMARTS) is 1. The highest BCUT2D eigenvalue weighted by molar-refractivity contribution is 8.14. The molecule has 12 nitrogen and oxygen atoms in total. The number of amides is 2. The zero-order valence-corrected chi connectivity index (χ0v) is 19.3. The van der Waals surface area contributed by atoms with Gasteiger partial charge in [-0.05, 0) is 39.0 Å². The van der Waals surface area contributed by atoms with Gasteiger partial charge in [0, 0.05) is 24.6 Å². The molecule has 0 bridgehead atoms. The molecule has 1 aliphatic rings. The predicted molar refractivity (Wildman–Crippen MR) is 119 cm³/mol. The van der Waals surface area contributed by atoms with Gasteiger partial charge in [0.05, 0.1) is 11.8 Å². The van der Waals surface area contributed by atoms with E-state index in [4.69, 9.17) is 14.6 Å². The number of hydrogen-bond acceptors (Lipinski definition) is 10. The first kappa shape index (κ1) is 26.7. The van der Waals surface area contributed by atoms with Crippen molar-refractivity contribution in [1.29, 1.82) is 0 Å². The summed E-state index contributed by atoms with van der Waals surface area (Å²) in [6.07, 6.45) is -4.91. The van der Waals surface area contributed by atoms with Crippen molar-refractivity contribution in [3.05, 3.63) is 23.8 Å². The van der Waals surface area contributed by atoms with Gasteiger partial charge in [0.1, 0.15) is 42.2 Å². The van der Waals surface area contributed by atoms with Crippen LogP contribution in [0.15, 0.2) is 18.2 Å². The Balaban J connectivity index is 2.08. The highest BCUT2D eigenvalue weighted by atomic mass is 32.2. The van der Waals surface area contributed by atoms with E-state index in [9.17, 15) is 29.7 Å². The van der Waals surface area contributed by atoms with E-state index in [1.54, 1.807) is 6.92 Å². The third-order valence-corrected chi connectivity index (χ3v) is 5.78. The number of aromatic hydroxyl groups is 1. The number of benzene rings is 1. The van der Waals surface area contributed by atoms with E-state index in [-0.39, 0.29) is 5.75 Å². The summed E-state index contributed by atoms with van der Waals surface area (Å²) in [6, 6.07) is 2.09. The molecule has 1 aromatic carbocycles. The van der Waals surface area contributed by atoms with Crippen molar-refractivity contribution < 1.29 is 44.3 Å². The van der Waals surface area contributed by atoms with E-state index in [0.717, 1.165) is 0 Å². The van der Waals surface area contributed by atoms with Crippen LogP contribution in [0.3, 0.4) is 0 Å². The van der Waals surface area contributed by atoms with Gasteiger partial charge in [0.25, 0.3) is 5.24 Å². The molecule has 7 atom stereocenters. The lowest BCUT2D eigenvalue weighted by atomic mass is 9.90. The lowest BCUT2D eigenvalue weighted by molar-refractivity contribution is -0.226. The zero-order valence-electron chi connectivity index (χ0n) is 18.5. The first-order valence-electron chi connectivity index (χ1n) is 10.1. The molecule has 13 heteroatoms. The summed E-state index contributed by atoms with van der Waals surface area (Å²) in [4.78, 5) is 35.1. The van der Waals surface area contributed by atoms with E-state index >= 15 is 0 Å². The molecule has 0 radical (unpaired) electrons. The molecule has 7 N–H and O–H groups in total. The highest BCUT2D eigenvalue weighted by Gasteiger charge is 2.44. The number of hydrogen-bond donors (Lipinski definition) is 7. The molecule has 0 saturated carbocycles. The fourth-order valence-corrected chi connectivity index (χ4v) is 3.85. The molecule has 33 heavy (non-hydrogen) atoms. The Hall–Kier alpha value is -2.58. The van der Waals surface area contributed by atoms with E-state index in [1.807, 2.05) is 0 Å². The SMILES string of the molecule is CO[C@@H]1[C@H](O)[C@H](C)O[C@H](c2cc(O)ccc2NSC(=O)N[C@@H](C)C(=O)N[C@@H](C)C(=O)O)[C@H]1O. The van der Waals surface area contributed by atoms with Crippen LogP contribution in [0, 0.1) is 0 Å². The number of phenolic OH excluding ortho intramolecular Hbond substituents is 1. The summed E-state index contributed by atoms with van der Waals surface area (Å²) < 4.78 is 13.7. The number of aliphatic hydroxyl groups excluding tert-OH is 2. The van der Waals surface area contributed by atoms with Crippen molar-refractivity contribution in [2.75, 3.05) is 11.8 Å². The Morgan fingerprint density at radius 1 is 1.12 bits per heavy atom. The number of methoxy groups -OCH3 is 1. The Labute approximate surface area is 194 Å². The molecule has 1 aromatic rings. The largest absolute Gasteiger partial charge is 0.508 e. The zero-order chi connectivity index (χ0) is 24.9. The molecule has 1 saturated heterocycles. The van der Waals surface area contributed by atoms with Crippen LogP contribution < -0.4 is 15.4 Å². The highest BCUT2D eigenvalue weighted by Crippen LogP contribution is 2.39. The number of phenols is 1. The number of carboxylic acids is 1. The lowest BCUT2D eigenvalue weighted by Crippen LogP contribution is -2.54. The van der Waals surface area contributed by atoms with Gasteiger partial charge >= 0.3 is 5.97 Å². The third kappa shape index (κ3) is 6.71. The number of carbonyl (C=O) groups is 3. The summed E-state index contributed by atoms with van der Waals surface area (Å²) in [5.74, 6) is -1.98. The van der Waals surface area contributed by atoms with Crippen LogP contribution in [-0.4, -0.2) is 81.2 Å². The minimum absolute atomic E-state index is 0.105. The van der Waals surface area contributed by atoms with E-state index in [1.165, 1.54) is 39.2 Å². The van der Waals surface area contributed by atoms with Gasteiger partial charge in [-0.3, -0.25) is 14.4 Å². The Kier molecular flexibility index (Phi) is 9.31. The maximum absolute atomic E-state index is 12.3. The topological polar surface area (TPSA) is 187 Å². The van der Waals surface area contributed by atoms with Gasteiger partial charge in [-0.2, -0.15) is 0 Å². The summed E-state index contributed by atoms with van der Waals surface area (Å²) >= 11 is 0.598. The molecule has 0 aromatic heterocycles. The number of anilines is 1. The third-order valence-electron chi connectivity index (χ3n) is 5.15. The normalized spacial score (nSPS) is 26.7. The number of rotatable bonds is 8. The van der Waals surface area contributed by atoms with Gasteiger partial charge in [-0.25, -0.2) is 0 Å². The van der Waals surface area contributed by atoms with Crippen LogP contribution in [0.25, 0.3) is 0 Å². The molecule has 0 spiro atoms. The molecular weight excluding hydrogens is 458 g/mol. The molecular formula is C20H29N3O9S. The molecule has 1 aliphatic heterocycles. The number of aliphatic hydroxyl groups is 2. The minimum atomic E-state index is -1.26. The second-order valence-corrected chi connectivity index (χ2v) is 8.42. The van der Waals surface area contributed by atoms with Crippen molar-refractivity contribution >= 4 is 34.8 Å². The van der Waals surface area contributed by atoms with Crippen molar-refractivity contribution in [2.45, 2.75) is 63.4 Å². The molecule has 1 fully saturated rings. The second kappa shape index (κ2) is 11.5. The fourth-order valence-electron chi connectivity index (χ4n) is 3.22.